The molecule has 0 aliphatic heterocycles. The summed E-state index contributed by atoms with van der Waals surface area (Å²) in [7, 11) is 1.92. The first-order valence-corrected chi connectivity index (χ1v) is 6.66. The number of anilines is 1. The molecule has 5 nitrogen and oxygen atoms in total. The highest BCUT2D eigenvalue weighted by atomic mass is 32.2. The molecule has 0 unspecified atom stereocenters. The SMILES string of the molecule is Cc1cc(Sc2nc(N)nc3ccccc23)n(C)n1. The first kappa shape index (κ1) is 12.0. The van der Waals surface area contributed by atoms with E-state index in [0.29, 0.717) is 5.95 Å². The standard InChI is InChI=1S/C13H13N5S/c1-8-7-11(18(2)17-8)19-12-9-5-3-4-6-10(9)15-13(14)16-12/h3-7H,1-2H3,(H2,14,15,16). The molecule has 0 bridgehead atoms. The van der Waals surface area contributed by atoms with Crippen LogP contribution in [0.1, 0.15) is 5.69 Å². The van der Waals surface area contributed by atoms with Gasteiger partial charge in [-0.3, -0.25) is 4.68 Å². The minimum atomic E-state index is 0.292. The number of aryl methyl sites for hydroxylation is 2. The third-order valence-corrected chi connectivity index (χ3v) is 3.84. The Balaban J connectivity index is 2.12. The molecule has 3 rings (SSSR count). The summed E-state index contributed by atoms with van der Waals surface area (Å²) < 4.78 is 1.84. The largest absolute Gasteiger partial charge is 0.368 e. The summed E-state index contributed by atoms with van der Waals surface area (Å²) >= 11 is 1.55. The van der Waals surface area contributed by atoms with Crippen LogP contribution >= 0.6 is 11.8 Å². The third-order valence-electron chi connectivity index (χ3n) is 2.75. The highest BCUT2D eigenvalue weighted by molar-refractivity contribution is 7.99. The monoisotopic (exact) mass is 271 g/mol. The maximum Gasteiger partial charge on any atom is 0.221 e. The van der Waals surface area contributed by atoms with Crippen LogP contribution in [0.4, 0.5) is 5.95 Å². The Morgan fingerprint density at radius 3 is 2.74 bits per heavy atom. The number of hydrogen-bond acceptors (Lipinski definition) is 5. The molecule has 0 saturated heterocycles. The molecule has 0 spiro atoms. The zero-order valence-corrected chi connectivity index (χ0v) is 11.5. The first-order chi connectivity index (χ1) is 9.13. The highest BCUT2D eigenvalue weighted by Gasteiger charge is 2.10. The molecule has 0 saturated carbocycles. The highest BCUT2D eigenvalue weighted by Crippen LogP contribution is 2.31. The van der Waals surface area contributed by atoms with Gasteiger partial charge in [0.05, 0.1) is 11.2 Å². The Morgan fingerprint density at radius 2 is 2.00 bits per heavy atom. The summed E-state index contributed by atoms with van der Waals surface area (Å²) in [6, 6.07) is 9.88. The van der Waals surface area contributed by atoms with Crippen molar-refractivity contribution >= 4 is 28.6 Å². The van der Waals surface area contributed by atoms with E-state index >= 15 is 0 Å². The number of nitrogen functional groups attached to an aromatic ring is 1. The van der Waals surface area contributed by atoms with Crippen LogP contribution in [0.2, 0.25) is 0 Å². The summed E-state index contributed by atoms with van der Waals surface area (Å²) in [6.07, 6.45) is 0. The minimum Gasteiger partial charge on any atom is -0.368 e. The van der Waals surface area contributed by atoms with E-state index in [1.54, 1.807) is 11.8 Å². The molecule has 0 radical (unpaired) electrons. The Kier molecular flexibility index (Phi) is 2.87. The zero-order valence-electron chi connectivity index (χ0n) is 10.7. The number of hydrogen-bond donors (Lipinski definition) is 1. The number of aromatic nitrogens is 4. The molecule has 1 aromatic carbocycles. The van der Waals surface area contributed by atoms with Crippen LogP contribution in [0.3, 0.4) is 0 Å². The van der Waals surface area contributed by atoms with Crippen molar-refractivity contribution in [2.75, 3.05) is 5.73 Å². The molecule has 3 aromatic rings. The normalized spacial score (nSPS) is 11.1. The lowest BCUT2D eigenvalue weighted by molar-refractivity contribution is 0.692. The van der Waals surface area contributed by atoms with Gasteiger partial charge in [0.1, 0.15) is 10.1 Å². The number of benzene rings is 1. The second kappa shape index (κ2) is 4.55. The predicted molar refractivity (Wildman–Crippen MR) is 76.0 cm³/mol. The van der Waals surface area contributed by atoms with Crippen LogP contribution in [0.5, 0.6) is 0 Å². The Hall–Kier alpha value is -2.08. The molecule has 96 valence electrons. The summed E-state index contributed by atoms with van der Waals surface area (Å²) in [6.45, 7) is 1.97. The van der Waals surface area contributed by atoms with Crippen LogP contribution in [0.15, 0.2) is 40.4 Å². The van der Waals surface area contributed by atoms with Gasteiger partial charge in [-0.25, -0.2) is 9.97 Å². The van der Waals surface area contributed by atoms with E-state index in [2.05, 4.69) is 15.1 Å². The number of fused-ring (bicyclic) bond motifs is 1. The van der Waals surface area contributed by atoms with E-state index in [1.165, 1.54) is 0 Å². The predicted octanol–water partition coefficient (Wildman–Crippen LogP) is 2.41. The van der Waals surface area contributed by atoms with E-state index in [0.717, 1.165) is 26.6 Å². The van der Waals surface area contributed by atoms with E-state index < -0.39 is 0 Å². The molecule has 0 aliphatic carbocycles. The van der Waals surface area contributed by atoms with Gasteiger partial charge >= 0.3 is 0 Å². The van der Waals surface area contributed by atoms with E-state index in [9.17, 15) is 0 Å². The van der Waals surface area contributed by atoms with Crippen LogP contribution in [0.25, 0.3) is 10.9 Å². The lowest BCUT2D eigenvalue weighted by Gasteiger charge is -2.06. The molecule has 0 aliphatic rings. The molecule has 2 aromatic heterocycles. The fourth-order valence-electron chi connectivity index (χ4n) is 1.92. The van der Waals surface area contributed by atoms with Gasteiger partial charge in [0.15, 0.2) is 0 Å². The van der Waals surface area contributed by atoms with Crippen LogP contribution in [-0.4, -0.2) is 19.7 Å². The molecular weight excluding hydrogens is 258 g/mol. The summed E-state index contributed by atoms with van der Waals surface area (Å²) in [4.78, 5) is 8.57. The van der Waals surface area contributed by atoms with Crippen molar-refractivity contribution < 1.29 is 0 Å². The maximum absolute atomic E-state index is 5.76. The van der Waals surface area contributed by atoms with E-state index in [-0.39, 0.29) is 0 Å². The smallest absolute Gasteiger partial charge is 0.221 e. The third kappa shape index (κ3) is 2.26. The van der Waals surface area contributed by atoms with Gasteiger partial charge in [0, 0.05) is 12.4 Å². The van der Waals surface area contributed by atoms with Crippen LogP contribution in [0, 0.1) is 6.92 Å². The van der Waals surface area contributed by atoms with Crippen molar-refractivity contribution in [1.82, 2.24) is 19.7 Å². The molecule has 2 N–H and O–H groups in total. The minimum absolute atomic E-state index is 0.292. The first-order valence-electron chi connectivity index (χ1n) is 5.84. The second-order valence-electron chi connectivity index (χ2n) is 4.25. The summed E-state index contributed by atoms with van der Waals surface area (Å²) in [5.41, 5.74) is 7.60. The van der Waals surface area contributed by atoms with Gasteiger partial charge in [-0.1, -0.05) is 18.2 Å². The number of nitrogens with zero attached hydrogens (tertiary/aromatic N) is 4. The van der Waals surface area contributed by atoms with Crippen molar-refractivity contribution in [2.24, 2.45) is 7.05 Å². The topological polar surface area (TPSA) is 69.6 Å². The number of rotatable bonds is 2. The van der Waals surface area contributed by atoms with Crippen molar-refractivity contribution in [3.05, 3.63) is 36.0 Å². The number of nitrogens with two attached hydrogens (primary N) is 1. The average Bonchev–Trinajstić information content (AvgIpc) is 2.67. The van der Waals surface area contributed by atoms with Gasteiger partial charge in [-0.15, -0.1) is 0 Å². The van der Waals surface area contributed by atoms with Crippen molar-refractivity contribution in [3.63, 3.8) is 0 Å². The van der Waals surface area contributed by atoms with Gasteiger partial charge in [0.2, 0.25) is 5.95 Å². The van der Waals surface area contributed by atoms with Crippen molar-refractivity contribution in [1.29, 1.82) is 0 Å². The molecule has 0 amide bonds. The summed E-state index contributed by atoms with van der Waals surface area (Å²) in [5, 5.41) is 7.21. The lowest BCUT2D eigenvalue weighted by atomic mass is 10.2. The zero-order chi connectivity index (χ0) is 13.4. The fourth-order valence-corrected chi connectivity index (χ4v) is 2.95. The molecule has 0 fully saturated rings. The molecule has 6 heteroatoms. The second-order valence-corrected chi connectivity index (χ2v) is 5.26. The molecule has 2 heterocycles. The maximum atomic E-state index is 5.76. The van der Waals surface area contributed by atoms with Gasteiger partial charge in [-0.2, -0.15) is 5.10 Å². The average molecular weight is 271 g/mol. The van der Waals surface area contributed by atoms with Crippen LogP contribution < -0.4 is 5.73 Å². The molecule has 0 atom stereocenters. The fraction of sp³-hybridized carbons (Fsp3) is 0.154. The van der Waals surface area contributed by atoms with Gasteiger partial charge in [0.25, 0.3) is 0 Å². The van der Waals surface area contributed by atoms with Crippen molar-refractivity contribution in [2.45, 2.75) is 17.0 Å². The van der Waals surface area contributed by atoms with Gasteiger partial charge in [-0.05, 0) is 30.8 Å². The number of para-hydroxylation sites is 1. The van der Waals surface area contributed by atoms with Gasteiger partial charge < -0.3 is 5.73 Å². The Bertz CT molecular complexity index is 750. The summed E-state index contributed by atoms with van der Waals surface area (Å²) in [5.74, 6) is 0.292. The van der Waals surface area contributed by atoms with Crippen molar-refractivity contribution in [3.8, 4) is 0 Å². The Morgan fingerprint density at radius 1 is 1.21 bits per heavy atom. The van der Waals surface area contributed by atoms with Crippen LogP contribution in [-0.2, 0) is 7.05 Å². The quantitative estimate of drug-likeness (QED) is 0.725. The van der Waals surface area contributed by atoms with E-state index in [4.69, 9.17) is 5.73 Å². The van der Waals surface area contributed by atoms with E-state index in [1.807, 2.05) is 49.0 Å². The molecule has 19 heavy (non-hydrogen) atoms. The Labute approximate surface area is 114 Å². The lowest BCUT2D eigenvalue weighted by Crippen LogP contribution is -1.98. The molecular formula is C13H13N5S.